The molecule has 0 aliphatic heterocycles. The summed E-state index contributed by atoms with van der Waals surface area (Å²) in [6.45, 7) is 0. The Morgan fingerprint density at radius 1 is 0.161 bits per heavy atom. The highest BCUT2D eigenvalue weighted by Crippen LogP contribution is 2.49. The summed E-state index contributed by atoms with van der Waals surface area (Å²) >= 11 is 0. The zero-order chi connectivity index (χ0) is 40.7. The van der Waals surface area contributed by atoms with Crippen LogP contribution >= 0.6 is 0 Å². The van der Waals surface area contributed by atoms with Crippen LogP contribution in [0.1, 0.15) is 0 Å². The molecule has 0 saturated carbocycles. The second kappa shape index (κ2) is 13.7. The summed E-state index contributed by atoms with van der Waals surface area (Å²) in [7, 11) is 0. The Hall–Kier alpha value is -8.06. The molecule has 0 nitrogen and oxygen atoms in total. The van der Waals surface area contributed by atoms with Gasteiger partial charge in [0.15, 0.2) is 0 Å². The maximum atomic E-state index is 2.38. The maximum Gasteiger partial charge on any atom is -0.00201 e. The van der Waals surface area contributed by atoms with Gasteiger partial charge < -0.3 is 0 Å². The van der Waals surface area contributed by atoms with E-state index in [4.69, 9.17) is 0 Å². The topological polar surface area (TPSA) is 0 Å². The molecule has 0 heterocycles. The molecule has 0 amide bonds. The van der Waals surface area contributed by atoms with E-state index in [1.165, 1.54) is 131 Å². The Morgan fingerprint density at radius 2 is 0.452 bits per heavy atom. The number of rotatable bonds is 4. The Balaban J connectivity index is 1.05. The standard InChI is InChI=1S/C62H38/c1-3-17-41-37-43(33-31-39(41)15-1)59-51-19-5-9-23-55(51)61(56-24-10-6-20-52(56)59)49-29-13-27-45-46-28-14-30-50(48(46)36-35-47(45)49)62-57-25-11-7-21-53(57)60(54-22-8-12-26-58(54)62)44-34-32-40-16-2-4-18-42(40)38-44/h1-38H. The third kappa shape index (κ3) is 5.20. The van der Waals surface area contributed by atoms with E-state index >= 15 is 0 Å². The van der Waals surface area contributed by atoms with Crippen molar-refractivity contribution in [1.82, 2.24) is 0 Å². The van der Waals surface area contributed by atoms with Crippen molar-refractivity contribution in [3.63, 3.8) is 0 Å². The number of fused-ring (bicyclic) bond motifs is 9. The lowest BCUT2D eigenvalue weighted by atomic mass is 9.82. The van der Waals surface area contributed by atoms with E-state index < -0.39 is 0 Å². The van der Waals surface area contributed by atoms with Gasteiger partial charge in [0.1, 0.15) is 0 Å². The van der Waals surface area contributed by atoms with Gasteiger partial charge in [-0.2, -0.15) is 0 Å². The molecule has 0 saturated heterocycles. The van der Waals surface area contributed by atoms with Gasteiger partial charge >= 0.3 is 0 Å². The molecule has 0 radical (unpaired) electrons. The molecule has 286 valence electrons. The molecule has 0 atom stereocenters. The second-order valence-corrected chi connectivity index (χ2v) is 16.7. The van der Waals surface area contributed by atoms with E-state index in [1.54, 1.807) is 0 Å². The van der Waals surface area contributed by atoms with E-state index in [1.807, 2.05) is 0 Å². The van der Waals surface area contributed by atoms with Gasteiger partial charge in [-0.05, 0) is 143 Å². The first-order valence-corrected chi connectivity index (χ1v) is 21.6. The summed E-state index contributed by atoms with van der Waals surface area (Å²) in [5, 5.41) is 20.2. The predicted molar refractivity (Wildman–Crippen MR) is 268 cm³/mol. The SMILES string of the molecule is c1ccc2cc(-c3c4ccccc4c(-c4cccc5c4ccc4c(-c6c7ccccc7c(-c7ccc8ccccc8c7)c7ccccc67)cccc45)c4ccccc34)ccc2c1. The first-order valence-electron chi connectivity index (χ1n) is 21.6. The van der Waals surface area contributed by atoms with Crippen molar-refractivity contribution in [3.8, 4) is 44.5 Å². The third-order valence-corrected chi connectivity index (χ3v) is 13.4. The zero-order valence-electron chi connectivity index (χ0n) is 33.9. The summed E-state index contributed by atoms with van der Waals surface area (Å²) < 4.78 is 0. The first-order chi connectivity index (χ1) is 30.8. The van der Waals surface area contributed by atoms with Crippen LogP contribution in [0.25, 0.3) is 131 Å². The van der Waals surface area contributed by atoms with E-state index in [0.717, 1.165) is 0 Å². The molecule has 0 spiro atoms. The summed E-state index contributed by atoms with van der Waals surface area (Å²) in [6, 6.07) is 85.7. The fourth-order valence-electron chi connectivity index (χ4n) is 10.7. The first kappa shape index (κ1) is 34.8. The van der Waals surface area contributed by atoms with Gasteiger partial charge in [0, 0.05) is 0 Å². The van der Waals surface area contributed by atoms with Crippen molar-refractivity contribution in [3.05, 3.63) is 231 Å². The van der Waals surface area contributed by atoms with Crippen molar-refractivity contribution in [2.75, 3.05) is 0 Å². The predicted octanol–water partition coefficient (Wildman–Crippen LogP) is 17.6. The van der Waals surface area contributed by atoms with Gasteiger partial charge in [-0.25, -0.2) is 0 Å². The molecule has 0 aliphatic carbocycles. The molecule has 62 heavy (non-hydrogen) atoms. The molecular weight excluding hydrogens is 745 g/mol. The van der Waals surface area contributed by atoms with Crippen LogP contribution in [-0.2, 0) is 0 Å². The van der Waals surface area contributed by atoms with Crippen LogP contribution in [0.2, 0.25) is 0 Å². The molecule has 0 N–H and O–H groups in total. The van der Waals surface area contributed by atoms with Crippen LogP contribution in [-0.4, -0.2) is 0 Å². The Morgan fingerprint density at radius 3 is 0.806 bits per heavy atom. The second-order valence-electron chi connectivity index (χ2n) is 16.7. The van der Waals surface area contributed by atoms with Gasteiger partial charge in [-0.3, -0.25) is 0 Å². The summed E-state index contributed by atoms with van der Waals surface area (Å²) in [5.74, 6) is 0. The molecule has 0 heteroatoms. The lowest BCUT2D eigenvalue weighted by molar-refractivity contribution is 1.68. The highest BCUT2D eigenvalue weighted by atomic mass is 14.2. The minimum Gasteiger partial charge on any atom is -0.0616 e. The Kier molecular flexibility index (Phi) is 7.71. The van der Waals surface area contributed by atoms with Crippen LogP contribution in [0.3, 0.4) is 0 Å². The quantitative estimate of drug-likeness (QED) is 0.123. The van der Waals surface area contributed by atoms with E-state index in [2.05, 4.69) is 231 Å². The monoisotopic (exact) mass is 782 g/mol. The minimum atomic E-state index is 1.24. The largest absolute Gasteiger partial charge is 0.0616 e. The fraction of sp³-hybridized carbons (Fsp3) is 0. The van der Waals surface area contributed by atoms with Crippen LogP contribution in [0.4, 0.5) is 0 Å². The lowest BCUT2D eigenvalue weighted by Gasteiger charge is -2.20. The minimum absolute atomic E-state index is 1.24. The number of hydrogen-bond donors (Lipinski definition) is 0. The molecule has 13 rings (SSSR count). The molecule has 0 unspecified atom stereocenters. The van der Waals surface area contributed by atoms with Crippen molar-refractivity contribution in [1.29, 1.82) is 0 Å². The molecule has 0 aliphatic rings. The van der Waals surface area contributed by atoms with Crippen LogP contribution in [0.15, 0.2) is 231 Å². The molecule has 0 fully saturated rings. The molecule has 0 aromatic heterocycles. The number of hydrogen-bond acceptors (Lipinski definition) is 0. The maximum absolute atomic E-state index is 2.38. The molecule has 13 aromatic rings. The van der Waals surface area contributed by atoms with E-state index in [-0.39, 0.29) is 0 Å². The van der Waals surface area contributed by atoms with Gasteiger partial charge in [-0.15, -0.1) is 0 Å². The zero-order valence-corrected chi connectivity index (χ0v) is 33.9. The van der Waals surface area contributed by atoms with Gasteiger partial charge in [-0.1, -0.05) is 218 Å². The Bertz CT molecular complexity index is 3610. The van der Waals surface area contributed by atoms with Crippen molar-refractivity contribution < 1.29 is 0 Å². The average Bonchev–Trinajstić information content (AvgIpc) is 3.34. The van der Waals surface area contributed by atoms with Crippen LogP contribution < -0.4 is 0 Å². The van der Waals surface area contributed by atoms with Crippen molar-refractivity contribution in [2.45, 2.75) is 0 Å². The third-order valence-electron chi connectivity index (χ3n) is 13.4. The summed E-state index contributed by atoms with van der Waals surface area (Å²) in [6.07, 6.45) is 0. The van der Waals surface area contributed by atoms with Gasteiger partial charge in [0.25, 0.3) is 0 Å². The van der Waals surface area contributed by atoms with Gasteiger partial charge in [0.2, 0.25) is 0 Å². The lowest BCUT2D eigenvalue weighted by Crippen LogP contribution is -1.93. The highest BCUT2D eigenvalue weighted by molar-refractivity contribution is 6.28. The van der Waals surface area contributed by atoms with Crippen LogP contribution in [0.5, 0.6) is 0 Å². The molecule has 0 bridgehead atoms. The fourth-order valence-corrected chi connectivity index (χ4v) is 10.7. The summed E-state index contributed by atoms with van der Waals surface area (Å²) in [5.41, 5.74) is 10.1. The van der Waals surface area contributed by atoms with Crippen molar-refractivity contribution >= 4 is 86.2 Å². The van der Waals surface area contributed by atoms with Crippen molar-refractivity contribution in [2.24, 2.45) is 0 Å². The van der Waals surface area contributed by atoms with E-state index in [0.29, 0.717) is 0 Å². The molecule has 13 aromatic carbocycles. The highest BCUT2D eigenvalue weighted by Gasteiger charge is 2.21. The Labute approximate surface area is 359 Å². The normalized spacial score (nSPS) is 11.9. The van der Waals surface area contributed by atoms with Crippen LogP contribution in [0, 0.1) is 0 Å². The molecular formula is C62H38. The smallest absolute Gasteiger partial charge is 0.00201 e. The average molecular weight is 783 g/mol. The van der Waals surface area contributed by atoms with E-state index in [9.17, 15) is 0 Å². The summed E-state index contributed by atoms with van der Waals surface area (Å²) in [4.78, 5) is 0. The van der Waals surface area contributed by atoms with Gasteiger partial charge in [0.05, 0.1) is 0 Å². The number of benzene rings is 13.